The molecule has 1 saturated carbocycles. The average molecular weight is 187 g/mol. The van der Waals surface area contributed by atoms with E-state index in [1.807, 2.05) is 0 Å². The monoisotopic (exact) mass is 187 g/mol. The molecule has 0 radical (unpaired) electrons. The third-order valence-corrected chi connectivity index (χ3v) is 2.87. The Morgan fingerprint density at radius 1 is 1.23 bits per heavy atom. The topological polar surface area (TPSA) is 12.0 Å². The molecule has 0 aromatic rings. The maximum atomic E-state index is 13.1. The van der Waals surface area contributed by atoms with E-state index in [4.69, 9.17) is 0 Å². The minimum absolute atomic E-state index is 0.168. The number of hydrogen-bond donors (Lipinski definition) is 1. The van der Waals surface area contributed by atoms with Gasteiger partial charge in [-0.3, -0.25) is 0 Å². The predicted molar refractivity (Wildman–Crippen MR) is 54.7 cm³/mol. The van der Waals surface area contributed by atoms with Gasteiger partial charge in [0.15, 0.2) is 0 Å². The molecule has 1 aliphatic carbocycles. The molecule has 1 rings (SSSR count). The standard InChI is InChI=1S/C11H22FN/c1-2-3-4-5-9-13-11-8-6-7-10(11)12/h10-11,13H,2-9H2,1H3/t10-,11-/m1/s1. The second kappa shape index (κ2) is 6.36. The molecule has 2 heteroatoms. The van der Waals surface area contributed by atoms with Crippen LogP contribution >= 0.6 is 0 Å². The van der Waals surface area contributed by atoms with Crippen LogP contribution in [0.15, 0.2) is 0 Å². The zero-order valence-electron chi connectivity index (χ0n) is 8.69. The van der Waals surface area contributed by atoms with Gasteiger partial charge < -0.3 is 5.32 Å². The molecule has 1 N–H and O–H groups in total. The molecule has 0 unspecified atom stereocenters. The van der Waals surface area contributed by atoms with Crippen LogP contribution in [-0.2, 0) is 0 Å². The van der Waals surface area contributed by atoms with Gasteiger partial charge >= 0.3 is 0 Å². The highest BCUT2D eigenvalue weighted by molar-refractivity contribution is 4.82. The van der Waals surface area contributed by atoms with E-state index >= 15 is 0 Å². The van der Waals surface area contributed by atoms with Crippen LogP contribution in [0, 0.1) is 0 Å². The third kappa shape index (κ3) is 4.08. The average Bonchev–Trinajstić information content (AvgIpc) is 2.52. The Labute approximate surface area is 81.1 Å². The fraction of sp³-hybridized carbons (Fsp3) is 1.00. The highest BCUT2D eigenvalue weighted by atomic mass is 19.1. The molecule has 0 saturated heterocycles. The van der Waals surface area contributed by atoms with E-state index in [2.05, 4.69) is 12.2 Å². The lowest BCUT2D eigenvalue weighted by Gasteiger charge is -2.14. The molecule has 0 aliphatic heterocycles. The van der Waals surface area contributed by atoms with Gasteiger partial charge in [-0.25, -0.2) is 4.39 Å². The lowest BCUT2D eigenvalue weighted by atomic mass is 10.2. The van der Waals surface area contributed by atoms with Gasteiger partial charge in [-0.1, -0.05) is 26.2 Å². The molecule has 2 atom stereocenters. The maximum Gasteiger partial charge on any atom is 0.115 e. The van der Waals surface area contributed by atoms with Gasteiger partial charge in [-0.15, -0.1) is 0 Å². The fourth-order valence-corrected chi connectivity index (χ4v) is 1.98. The zero-order chi connectivity index (χ0) is 9.52. The summed E-state index contributed by atoms with van der Waals surface area (Å²) in [5.41, 5.74) is 0. The van der Waals surface area contributed by atoms with Crippen LogP contribution in [0.25, 0.3) is 0 Å². The van der Waals surface area contributed by atoms with Crippen molar-refractivity contribution in [2.75, 3.05) is 6.54 Å². The van der Waals surface area contributed by atoms with Crippen molar-refractivity contribution in [3.8, 4) is 0 Å². The van der Waals surface area contributed by atoms with E-state index in [1.54, 1.807) is 0 Å². The Bertz CT molecular complexity index is 127. The number of nitrogens with one attached hydrogen (secondary N) is 1. The van der Waals surface area contributed by atoms with Gasteiger partial charge in [-0.05, 0) is 32.2 Å². The Morgan fingerprint density at radius 3 is 2.69 bits per heavy atom. The Kier molecular flexibility index (Phi) is 5.37. The van der Waals surface area contributed by atoms with Crippen molar-refractivity contribution < 1.29 is 4.39 Å². The normalized spacial score (nSPS) is 28.2. The van der Waals surface area contributed by atoms with Crippen molar-refractivity contribution >= 4 is 0 Å². The number of hydrogen-bond acceptors (Lipinski definition) is 1. The second-order valence-electron chi connectivity index (χ2n) is 4.07. The van der Waals surface area contributed by atoms with Gasteiger partial charge in [0.25, 0.3) is 0 Å². The minimum Gasteiger partial charge on any atom is -0.311 e. The summed E-state index contributed by atoms with van der Waals surface area (Å²) >= 11 is 0. The molecule has 0 aromatic carbocycles. The maximum absolute atomic E-state index is 13.1. The Morgan fingerprint density at radius 2 is 2.08 bits per heavy atom. The van der Waals surface area contributed by atoms with E-state index in [0.29, 0.717) is 0 Å². The highest BCUT2D eigenvalue weighted by Crippen LogP contribution is 2.21. The van der Waals surface area contributed by atoms with Crippen LogP contribution in [0.3, 0.4) is 0 Å². The molecule has 0 amide bonds. The summed E-state index contributed by atoms with van der Waals surface area (Å²) in [6, 6.07) is 0.168. The lowest BCUT2D eigenvalue weighted by Crippen LogP contribution is -2.34. The number of alkyl halides is 1. The Balaban J connectivity index is 1.93. The van der Waals surface area contributed by atoms with Crippen molar-refractivity contribution in [1.82, 2.24) is 5.32 Å². The van der Waals surface area contributed by atoms with E-state index in [-0.39, 0.29) is 6.04 Å². The summed E-state index contributed by atoms with van der Waals surface area (Å²) in [7, 11) is 0. The molecule has 13 heavy (non-hydrogen) atoms. The number of rotatable bonds is 6. The van der Waals surface area contributed by atoms with Gasteiger partial charge in [0.1, 0.15) is 6.17 Å². The first-order chi connectivity index (χ1) is 6.34. The molecule has 0 spiro atoms. The smallest absolute Gasteiger partial charge is 0.115 e. The molecular formula is C11H22FN. The summed E-state index contributed by atoms with van der Waals surface area (Å²) in [5.74, 6) is 0. The first-order valence-corrected chi connectivity index (χ1v) is 5.72. The van der Waals surface area contributed by atoms with Crippen molar-refractivity contribution in [3.63, 3.8) is 0 Å². The van der Waals surface area contributed by atoms with Crippen LogP contribution in [-0.4, -0.2) is 18.8 Å². The zero-order valence-corrected chi connectivity index (χ0v) is 8.69. The largest absolute Gasteiger partial charge is 0.311 e. The van der Waals surface area contributed by atoms with Crippen molar-refractivity contribution in [1.29, 1.82) is 0 Å². The molecular weight excluding hydrogens is 165 g/mol. The van der Waals surface area contributed by atoms with Crippen molar-refractivity contribution in [3.05, 3.63) is 0 Å². The first kappa shape index (κ1) is 11.0. The number of halogens is 1. The molecule has 1 fully saturated rings. The molecule has 0 heterocycles. The van der Waals surface area contributed by atoms with Crippen molar-refractivity contribution in [2.45, 2.75) is 64.1 Å². The second-order valence-corrected chi connectivity index (χ2v) is 4.07. The quantitative estimate of drug-likeness (QED) is 0.630. The summed E-state index contributed by atoms with van der Waals surface area (Å²) < 4.78 is 13.1. The fourth-order valence-electron chi connectivity index (χ4n) is 1.98. The van der Waals surface area contributed by atoms with E-state index in [1.165, 1.54) is 25.7 Å². The highest BCUT2D eigenvalue weighted by Gasteiger charge is 2.25. The van der Waals surface area contributed by atoms with Gasteiger partial charge in [0.2, 0.25) is 0 Å². The third-order valence-electron chi connectivity index (χ3n) is 2.87. The summed E-state index contributed by atoms with van der Waals surface area (Å²) in [6.45, 7) is 3.22. The van der Waals surface area contributed by atoms with Crippen LogP contribution in [0.5, 0.6) is 0 Å². The molecule has 1 aliphatic rings. The van der Waals surface area contributed by atoms with Crippen LogP contribution in [0.4, 0.5) is 4.39 Å². The predicted octanol–water partition coefficient (Wildman–Crippen LogP) is 3.05. The summed E-state index contributed by atoms with van der Waals surface area (Å²) in [6.07, 6.45) is 7.37. The number of unbranched alkanes of at least 4 members (excludes halogenated alkanes) is 3. The van der Waals surface area contributed by atoms with Gasteiger partial charge in [0, 0.05) is 6.04 Å². The lowest BCUT2D eigenvalue weighted by molar-refractivity contribution is 0.279. The van der Waals surface area contributed by atoms with E-state index in [0.717, 1.165) is 25.8 Å². The van der Waals surface area contributed by atoms with Crippen molar-refractivity contribution in [2.24, 2.45) is 0 Å². The SMILES string of the molecule is CCCCCCN[C@@H]1CCC[C@H]1F. The minimum atomic E-state index is -0.578. The molecule has 0 aromatic heterocycles. The van der Waals surface area contributed by atoms with Crippen LogP contribution in [0.2, 0.25) is 0 Å². The van der Waals surface area contributed by atoms with Gasteiger partial charge in [0.05, 0.1) is 0 Å². The Hall–Kier alpha value is -0.110. The molecule has 78 valence electrons. The van der Waals surface area contributed by atoms with Crippen LogP contribution in [0.1, 0.15) is 51.9 Å². The summed E-state index contributed by atoms with van der Waals surface area (Å²) in [4.78, 5) is 0. The van der Waals surface area contributed by atoms with Crippen LogP contribution < -0.4 is 5.32 Å². The van der Waals surface area contributed by atoms with E-state index in [9.17, 15) is 4.39 Å². The van der Waals surface area contributed by atoms with Gasteiger partial charge in [-0.2, -0.15) is 0 Å². The van der Waals surface area contributed by atoms with E-state index < -0.39 is 6.17 Å². The summed E-state index contributed by atoms with van der Waals surface area (Å²) in [5, 5.41) is 3.32. The molecule has 1 nitrogen and oxygen atoms in total. The molecule has 0 bridgehead atoms. The first-order valence-electron chi connectivity index (χ1n) is 5.72.